The first-order valence-electron chi connectivity index (χ1n) is 3.28. The summed E-state index contributed by atoms with van der Waals surface area (Å²) in [7, 11) is 1.46. The van der Waals surface area contributed by atoms with Gasteiger partial charge in [-0.2, -0.15) is 12.6 Å². The Kier molecular flexibility index (Phi) is 6.11. The summed E-state index contributed by atoms with van der Waals surface area (Å²) in [5.74, 6) is 0.748. The summed E-state index contributed by atoms with van der Waals surface area (Å²) in [6.07, 6.45) is 0.565. The van der Waals surface area contributed by atoms with E-state index in [1.807, 2.05) is 0 Å². The van der Waals surface area contributed by atoms with Crippen LogP contribution in [0.5, 0.6) is 0 Å². The zero-order valence-electron chi connectivity index (χ0n) is 6.16. The third-order valence-electron chi connectivity index (χ3n) is 1.28. The molecule has 0 bridgehead atoms. The monoisotopic (exact) mass is 165 g/mol. The van der Waals surface area contributed by atoms with Crippen molar-refractivity contribution >= 4 is 12.6 Å². The van der Waals surface area contributed by atoms with Crippen molar-refractivity contribution < 1.29 is 9.84 Å². The van der Waals surface area contributed by atoms with Gasteiger partial charge in [-0.25, -0.2) is 0 Å². The Balaban J connectivity index is 3.27. The Morgan fingerprint density at radius 1 is 1.70 bits per heavy atom. The van der Waals surface area contributed by atoms with E-state index in [4.69, 9.17) is 10.8 Å². The van der Waals surface area contributed by atoms with Gasteiger partial charge in [-0.3, -0.25) is 0 Å². The number of aliphatic hydroxyl groups excluding tert-OH is 1. The Morgan fingerprint density at radius 2 is 2.30 bits per heavy atom. The number of ether oxygens (including phenoxy) is 1. The quantitative estimate of drug-likeness (QED) is 0.397. The van der Waals surface area contributed by atoms with Crippen LogP contribution in [-0.2, 0) is 4.74 Å². The van der Waals surface area contributed by atoms with Gasteiger partial charge in [0.1, 0.15) is 0 Å². The zero-order chi connectivity index (χ0) is 7.98. The lowest BCUT2D eigenvalue weighted by atomic mass is 10.2. The molecule has 3 nitrogen and oxygen atoms in total. The number of methoxy groups -OCH3 is 1. The second-order valence-electron chi connectivity index (χ2n) is 2.20. The molecule has 0 fully saturated rings. The Hall–Kier alpha value is 0.230. The standard InChI is InChI=1S/C6H15NO2S/c1-9-6(8)4-5(7)2-3-10/h5-6,8,10H,2-4,7H2,1H3. The maximum atomic E-state index is 8.93. The summed E-state index contributed by atoms with van der Waals surface area (Å²) in [5, 5.41) is 8.93. The number of hydrogen-bond acceptors (Lipinski definition) is 4. The summed E-state index contributed by atoms with van der Waals surface area (Å²) in [4.78, 5) is 0. The minimum Gasteiger partial charge on any atom is -0.368 e. The largest absolute Gasteiger partial charge is 0.368 e. The fourth-order valence-electron chi connectivity index (χ4n) is 0.639. The molecule has 2 atom stereocenters. The van der Waals surface area contributed by atoms with Crippen molar-refractivity contribution in [2.45, 2.75) is 25.2 Å². The van der Waals surface area contributed by atoms with Crippen molar-refractivity contribution in [2.24, 2.45) is 5.73 Å². The van der Waals surface area contributed by atoms with E-state index < -0.39 is 6.29 Å². The molecule has 0 radical (unpaired) electrons. The molecule has 0 aromatic heterocycles. The van der Waals surface area contributed by atoms with Crippen molar-refractivity contribution in [3.05, 3.63) is 0 Å². The van der Waals surface area contributed by atoms with Crippen LogP contribution in [0, 0.1) is 0 Å². The minimum absolute atomic E-state index is 0.00699. The van der Waals surface area contributed by atoms with Crippen molar-refractivity contribution in [3.63, 3.8) is 0 Å². The van der Waals surface area contributed by atoms with Crippen LogP contribution in [0.3, 0.4) is 0 Å². The summed E-state index contributed by atoms with van der Waals surface area (Å²) in [5.41, 5.74) is 5.57. The number of aliphatic hydroxyl groups is 1. The van der Waals surface area contributed by atoms with E-state index in [9.17, 15) is 0 Å². The smallest absolute Gasteiger partial charge is 0.155 e. The fourth-order valence-corrected chi connectivity index (χ4v) is 0.971. The van der Waals surface area contributed by atoms with E-state index in [1.165, 1.54) is 7.11 Å². The van der Waals surface area contributed by atoms with Crippen LogP contribution in [0.1, 0.15) is 12.8 Å². The Morgan fingerprint density at radius 3 is 2.70 bits per heavy atom. The molecule has 0 aliphatic heterocycles. The fraction of sp³-hybridized carbons (Fsp3) is 1.00. The second-order valence-corrected chi connectivity index (χ2v) is 2.65. The van der Waals surface area contributed by atoms with Crippen molar-refractivity contribution in [1.82, 2.24) is 0 Å². The molecule has 0 heterocycles. The zero-order valence-corrected chi connectivity index (χ0v) is 7.05. The molecule has 0 aromatic carbocycles. The molecule has 10 heavy (non-hydrogen) atoms. The molecule has 0 aromatic rings. The van der Waals surface area contributed by atoms with Crippen LogP contribution in [0.4, 0.5) is 0 Å². The van der Waals surface area contributed by atoms with E-state index in [-0.39, 0.29) is 6.04 Å². The van der Waals surface area contributed by atoms with E-state index in [0.29, 0.717) is 6.42 Å². The van der Waals surface area contributed by atoms with Crippen molar-refractivity contribution in [1.29, 1.82) is 0 Å². The average Bonchev–Trinajstić information content (AvgIpc) is 1.88. The highest BCUT2D eigenvalue weighted by molar-refractivity contribution is 7.80. The lowest BCUT2D eigenvalue weighted by Gasteiger charge is -2.13. The summed E-state index contributed by atoms with van der Waals surface area (Å²) >= 11 is 4.01. The van der Waals surface area contributed by atoms with Gasteiger partial charge in [0.2, 0.25) is 0 Å². The number of hydrogen-bond donors (Lipinski definition) is 3. The summed E-state index contributed by atoms with van der Waals surface area (Å²) in [6, 6.07) is -0.00699. The summed E-state index contributed by atoms with van der Waals surface area (Å²) in [6.45, 7) is 0. The van der Waals surface area contributed by atoms with Crippen LogP contribution in [-0.4, -0.2) is 30.3 Å². The molecule has 4 heteroatoms. The predicted octanol–water partition coefficient (Wildman–Crippen LogP) is -0.0115. The minimum atomic E-state index is -0.727. The Bertz CT molecular complexity index is 82.1. The molecule has 62 valence electrons. The summed E-state index contributed by atoms with van der Waals surface area (Å²) < 4.78 is 4.62. The maximum Gasteiger partial charge on any atom is 0.155 e. The number of thiol groups is 1. The van der Waals surface area contributed by atoms with Crippen LogP contribution < -0.4 is 5.73 Å². The van der Waals surface area contributed by atoms with Gasteiger partial charge in [0.05, 0.1) is 0 Å². The first kappa shape index (κ1) is 10.2. The van der Waals surface area contributed by atoms with E-state index >= 15 is 0 Å². The highest BCUT2D eigenvalue weighted by Crippen LogP contribution is 2.00. The van der Waals surface area contributed by atoms with Gasteiger partial charge in [-0.15, -0.1) is 0 Å². The van der Waals surface area contributed by atoms with Gasteiger partial charge in [0.25, 0.3) is 0 Å². The van der Waals surface area contributed by atoms with Crippen LogP contribution >= 0.6 is 12.6 Å². The molecule has 3 N–H and O–H groups in total. The van der Waals surface area contributed by atoms with Gasteiger partial charge < -0.3 is 15.6 Å². The maximum absolute atomic E-state index is 8.93. The third-order valence-corrected chi connectivity index (χ3v) is 1.53. The van der Waals surface area contributed by atoms with Crippen LogP contribution in [0.2, 0.25) is 0 Å². The highest BCUT2D eigenvalue weighted by atomic mass is 32.1. The Labute approximate surface area is 67.0 Å². The van der Waals surface area contributed by atoms with Gasteiger partial charge in [0.15, 0.2) is 6.29 Å². The van der Waals surface area contributed by atoms with Crippen LogP contribution in [0.15, 0.2) is 0 Å². The lowest BCUT2D eigenvalue weighted by Crippen LogP contribution is -2.27. The first-order chi connectivity index (χ1) is 4.70. The first-order valence-corrected chi connectivity index (χ1v) is 3.91. The molecule has 0 saturated heterocycles. The van der Waals surface area contributed by atoms with Crippen molar-refractivity contribution in [3.8, 4) is 0 Å². The highest BCUT2D eigenvalue weighted by Gasteiger charge is 2.07. The van der Waals surface area contributed by atoms with E-state index in [2.05, 4.69) is 17.4 Å². The van der Waals surface area contributed by atoms with E-state index in [1.54, 1.807) is 0 Å². The topological polar surface area (TPSA) is 55.5 Å². The van der Waals surface area contributed by atoms with Gasteiger partial charge in [-0.05, 0) is 12.2 Å². The molecule has 0 rings (SSSR count). The van der Waals surface area contributed by atoms with Gasteiger partial charge in [-0.1, -0.05) is 0 Å². The van der Waals surface area contributed by atoms with Gasteiger partial charge >= 0.3 is 0 Å². The molecule has 0 amide bonds. The predicted molar refractivity (Wildman–Crippen MR) is 44.1 cm³/mol. The molecule has 0 aliphatic rings. The lowest BCUT2D eigenvalue weighted by molar-refractivity contribution is -0.0815. The molecule has 0 saturated carbocycles. The second kappa shape index (κ2) is 5.97. The molecule has 0 aliphatic carbocycles. The molecular formula is C6H15NO2S. The van der Waals surface area contributed by atoms with Gasteiger partial charge in [0, 0.05) is 19.6 Å². The molecule has 2 unspecified atom stereocenters. The third kappa shape index (κ3) is 5.05. The van der Waals surface area contributed by atoms with E-state index in [0.717, 1.165) is 12.2 Å². The van der Waals surface area contributed by atoms with Crippen molar-refractivity contribution in [2.75, 3.05) is 12.9 Å². The normalized spacial score (nSPS) is 16.8. The average molecular weight is 165 g/mol. The number of rotatable bonds is 5. The molecule has 0 spiro atoms. The molecular weight excluding hydrogens is 150 g/mol. The SMILES string of the molecule is COC(O)CC(N)CCS. The van der Waals surface area contributed by atoms with Crippen LogP contribution in [0.25, 0.3) is 0 Å². The number of nitrogens with two attached hydrogens (primary N) is 1.